The summed E-state index contributed by atoms with van der Waals surface area (Å²) in [5.74, 6) is 0. The van der Waals surface area contributed by atoms with E-state index in [1.165, 1.54) is 29.5 Å². The van der Waals surface area contributed by atoms with Crippen LogP contribution in [0, 0.1) is 6.92 Å². The second-order valence-corrected chi connectivity index (χ2v) is 5.46. The van der Waals surface area contributed by atoms with Crippen LogP contribution in [0.15, 0.2) is 48.5 Å². The van der Waals surface area contributed by atoms with E-state index in [9.17, 15) is 0 Å². The van der Waals surface area contributed by atoms with Gasteiger partial charge in [0.2, 0.25) is 0 Å². The Morgan fingerprint density at radius 1 is 1.00 bits per heavy atom. The fourth-order valence-electron chi connectivity index (χ4n) is 3.04. The van der Waals surface area contributed by atoms with Crippen LogP contribution in [0.2, 0.25) is 0 Å². The molecule has 0 aromatic heterocycles. The highest BCUT2D eigenvalue weighted by atomic mass is 14.5. The average molecular weight is 236 g/mol. The number of hydrogen-bond acceptors (Lipinski definition) is 0. The molecule has 92 valence electrons. The topological polar surface area (TPSA) is 0 Å². The van der Waals surface area contributed by atoms with Crippen LogP contribution in [0.4, 0.5) is 0 Å². The van der Waals surface area contributed by atoms with E-state index in [2.05, 4.69) is 62.4 Å². The van der Waals surface area contributed by atoms with Crippen LogP contribution in [0.25, 0.3) is 0 Å². The predicted molar refractivity (Wildman–Crippen MR) is 77.0 cm³/mol. The van der Waals surface area contributed by atoms with E-state index in [1.807, 2.05) is 0 Å². The van der Waals surface area contributed by atoms with Gasteiger partial charge in [0.15, 0.2) is 0 Å². The SMILES string of the molecule is CCc1ccc(C)cc1C1(c2ccccc2)CC1. The van der Waals surface area contributed by atoms with Crippen molar-refractivity contribution >= 4 is 0 Å². The first-order valence-electron chi connectivity index (χ1n) is 6.92. The molecule has 0 radical (unpaired) electrons. The zero-order valence-corrected chi connectivity index (χ0v) is 11.2. The lowest BCUT2D eigenvalue weighted by atomic mass is 9.83. The van der Waals surface area contributed by atoms with Crippen LogP contribution in [0.3, 0.4) is 0 Å². The lowest BCUT2D eigenvalue weighted by molar-refractivity contribution is 0.824. The molecule has 0 amide bonds. The van der Waals surface area contributed by atoms with Crippen molar-refractivity contribution in [3.63, 3.8) is 0 Å². The van der Waals surface area contributed by atoms with Gasteiger partial charge in [-0.2, -0.15) is 0 Å². The van der Waals surface area contributed by atoms with E-state index in [0.29, 0.717) is 5.41 Å². The summed E-state index contributed by atoms with van der Waals surface area (Å²) in [5.41, 5.74) is 6.27. The number of hydrogen-bond donors (Lipinski definition) is 0. The fourth-order valence-corrected chi connectivity index (χ4v) is 3.04. The van der Waals surface area contributed by atoms with E-state index in [4.69, 9.17) is 0 Å². The molecule has 3 rings (SSSR count). The molecule has 0 heterocycles. The molecule has 2 aromatic rings. The summed E-state index contributed by atoms with van der Waals surface area (Å²) in [5, 5.41) is 0. The summed E-state index contributed by atoms with van der Waals surface area (Å²) in [6.07, 6.45) is 3.73. The summed E-state index contributed by atoms with van der Waals surface area (Å²) < 4.78 is 0. The summed E-state index contributed by atoms with van der Waals surface area (Å²) >= 11 is 0. The summed E-state index contributed by atoms with van der Waals surface area (Å²) in [7, 11) is 0. The Balaban J connectivity index is 2.12. The maximum atomic E-state index is 2.40. The standard InChI is InChI=1S/C18H20/c1-3-15-10-9-14(2)13-17(15)18(11-12-18)16-7-5-4-6-8-16/h4-10,13H,3,11-12H2,1-2H3. The lowest BCUT2D eigenvalue weighted by Gasteiger charge is -2.20. The summed E-state index contributed by atoms with van der Waals surface area (Å²) in [6.45, 7) is 4.46. The van der Waals surface area contributed by atoms with Gasteiger partial charge in [-0.1, -0.05) is 61.0 Å². The molecule has 0 aliphatic heterocycles. The highest BCUT2D eigenvalue weighted by Crippen LogP contribution is 2.54. The van der Waals surface area contributed by atoms with Crippen molar-refractivity contribution in [2.24, 2.45) is 0 Å². The molecule has 0 unspecified atom stereocenters. The zero-order valence-electron chi connectivity index (χ0n) is 11.2. The first-order valence-corrected chi connectivity index (χ1v) is 6.92. The van der Waals surface area contributed by atoms with E-state index in [1.54, 1.807) is 5.56 Å². The first-order chi connectivity index (χ1) is 8.76. The predicted octanol–water partition coefficient (Wildman–Crippen LogP) is 4.64. The quantitative estimate of drug-likeness (QED) is 0.728. The monoisotopic (exact) mass is 236 g/mol. The number of aryl methyl sites for hydroxylation is 2. The Morgan fingerprint density at radius 2 is 1.72 bits per heavy atom. The van der Waals surface area contributed by atoms with Crippen molar-refractivity contribution in [2.75, 3.05) is 0 Å². The minimum atomic E-state index is 0.318. The molecule has 0 spiro atoms. The van der Waals surface area contributed by atoms with Gasteiger partial charge in [-0.3, -0.25) is 0 Å². The van der Waals surface area contributed by atoms with Gasteiger partial charge in [-0.05, 0) is 42.9 Å². The summed E-state index contributed by atoms with van der Waals surface area (Å²) in [6, 6.07) is 18.0. The van der Waals surface area contributed by atoms with E-state index < -0.39 is 0 Å². The molecule has 1 aliphatic rings. The molecule has 1 aliphatic carbocycles. The molecule has 2 aromatic carbocycles. The Morgan fingerprint density at radius 3 is 2.33 bits per heavy atom. The number of rotatable bonds is 3. The van der Waals surface area contributed by atoms with Crippen molar-refractivity contribution in [2.45, 2.75) is 38.5 Å². The second-order valence-electron chi connectivity index (χ2n) is 5.46. The Bertz CT molecular complexity index is 548. The Labute approximate surface area is 110 Å². The van der Waals surface area contributed by atoms with Crippen molar-refractivity contribution in [3.05, 3.63) is 70.8 Å². The molecule has 0 nitrogen and oxygen atoms in total. The third kappa shape index (κ3) is 1.77. The smallest absolute Gasteiger partial charge is 0.0206 e. The zero-order chi connectivity index (χ0) is 12.6. The molecule has 0 atom stereocenters. The van der Waals surface area contributed by atoms with Crippen LogP contribution >= 0.6 is 0 Å². The van der Waals surface area contributed by atoms with Crippen LogP contribution in [-0.2, 0) is 11.8 Å². The Kier molecular flexibility index (Phi) is 2.74. The Hall–Kier alpha value is -1.56. The van der Waals surface area contributed by atoms with Gasteiger partial charge in [-0.25, -0.2) is 0 Å². The van der Waals surface area contributed by atoms with Crippen LogP contribution in [0.5, 0.6) is 0 Å². The van der Waals surface area contributed by atoms with Crippen LogP contribution in [-0.4, -0.2) is 0 Å². The molecule has 0 N–H and O–H groups in total. The van der Waals surface area contributed by atoms with Gasteiger partial charge >= 0.3 is 0 Å². The van der Waals surface area contributed by atoms with Crippen molar-refractivity contribution < 1.29 is 0 Å². The normalized spacial score (nSPS) is 16.6. The molecule has 0 heteroatoms. The third-order valence-corrected chi connectivity index (χ3v) is 4.24. The van der Waals surface area contributed by atoms with Crippen LogP contribution in [0.1, 0.15) is 42.0 Å². The molecule has 1 fully saturated rings. The average Bonchev–Trinajstić information content (AvgIpc) is 3.21. The maximum absolute atomic E-state index is 2.40. The maximum Gasteiger partial charge on any atom is 0.0206 e. The lowest BCUT2D eigenvalue weighted by Crippen LogP contribution is -2.11. The van der Waals surface area contributed by atoms with Crippen LogP contribution < -0.4 is 0 Å². The minimum Gasteiger partial charge on any atom is -0.0622 e. The largest absolute Gasteiger partial charge is 0.0622 e. The molecular formula is C18H20. The van der Waals surface area contributed by atoms with Gasteiger partial charge < -0.3 is 0 Å². The van der Waals surface area contributed by atoms with Crippen molar-refractivity contribution in [3.8, 4) is 0 Å². The van der Waals surface area contributed by atoms with Crippen molar-refractivity contribution in [1.82, 2.24) is 0 Å². The minimum absolute atomic E-state index is 0.318. The second kappa shape index (κ2) is 4.28. The van der Waals surface area contributed by atoms with Gasteiger partial charge in [-0.15, -0.1) is 0 Å². The third-order valence-electron chi connectivity index (χ3n) is 4.24. The van der Waals surface area contributed by atoms with Gasteiger partial charge in [0, 0.05) is 5.41 Å². The number of benzene rings is 2. The molecule has 0 bridgehead atoms. The van der Waals surface area contributed by atoms with Gasteiger partial charge in [0.1, 0.15) is 0 Å². The van der Waals surface area contributed by atoms with Gasteiger partial charge in [0.05, 0.1) is 0 Å². The molecule has 18 heavy (non-hydrogen) atoms. The highest BCUT2D eigenvalue weighted by molar-refractivity contribution is 5.49. The fraction of sp³-hybridized carbons (Fsp3) is 0.333. The van der Waals surface area contributed by atoms with Crippen molar-refractivity contribution in [1.29, 1.82) is 0 Å². The van der Waals surface area contributed by atoms with E-state index >= 15 is 0 Å². The van der Waals surface area contributed by atoms with E-state index in [-0.39, 0.29) is 0 Å². The summed E-state index contributed by atoms with van der Waals surface area (Å²) in [4.78, 5) is 0. The first kappa shape index (κ1) is 11.5. The molecule has 0 saturated heterocycles. The highest BCUT2D eigenvalue weighted by Gasteiger charge is 2.46. The van der Waals surface area contributed by atoms with Gasteiger partial charge in [0.25, 0.3) is 0 Å². The van der Waals surface area contributed by atoms with E-state index in [0.717, 1.165) is 6.42 Å². The molecule has 1 saturated carbocycles. The molecular weight excluding hydrogens is 216 g/mol.